The lowest BCUT2D eigenvalue weighted by Crippen LogP contribution is -2.41. The Labute approximate surface area is 173 Å². The summed E-state index contributed by atoms with van der Waals surface area (Å²) in [5.74, 6) is -0.00728. The zero-order chi connectivity index (χ0) is 20.4. The number of rotatable bonds is 5. The van der Waals surface area contributed by atoms with Crippen molar-refractivity contribution < 1.29 is 14.3 Å². The molecular weight excluding hydrogens is 394 g/mol. The van der Waals surface area contributed by atoms with E-state index < -0.39 is 0 Å². The van der Waals surface area contributed by atoms with Crippen LogP contribution in [0, 0.1) is 6.92 Å². The third kappa shape index (κ3) is 4.19. The van der Waals surface area contributed by atoms with E-state index >= 15 is 0 Å². The van der Waals surface area contributed by atoms with Gasteiger partial charge in [-0.15, -0.1) is 0 Å². The van der Waals surface area contributed by atoms with Crippen LogP contribution in [0.1, 0.15) is 27.3 Å². The van der Waals surface area contributed by atoms with Gasteiger partial charge in [-0.05, 0) is 30.7 Å². The number of carbonyl (C=O) groups excluding carboxylic acids is 2. The molecule has 8 nitrogen and oxygen atoms in total. The fourth-order valence-electron chi connectivity index (χ4n) is 3.45. The molecule has 2 aliphatic rings. The van der Waals surface area contributed by atoms with Gasteiger partial charge >= 0.3 is 0 Å². The quantitative estimate of drug-likeness (QED) is 0.648. The minimum atomic E-state index is -0.272. The van der Waals surface area contributed by atoms with E-state index in [1.807, 2.05) is 6.92 Å². The fraction of sp³-hybridized carbons (Fsp3) is 0.350. The highest BCUT2D eigenvalue weighted by Gasteiger charge is 2.28. The number of nitrogens with zero attached hydrogens (tertiary/aromatic N) is 2. The average molecular weight is 416 g/mol. The van der Waals surface area contributed by atoms with Gasteiger partial charge in [-0.25, -0.2) is 4.98 Å². The minimum absolute atomic E-state index is 0.179. The number of aromatic nitrogens is 2. The summed E-state index contributed by atoms with van der Waals surface area (Å²) in [6, 6.07) is 3.42. The molecule has 0 aliphatic carbocycles. The first-order valence-electron chi connectivity index (χ1n) is 9.49. The molecule has 3 N–H and O–H groups in total. The van der Waals surface area contributed by atoms with Crippen LogP contribution < -0.4 is 10.6 Å². The van der Waals surface area contributed by atoms with Crippen LogP contribution in [0.3, 0.4) is 0 Å². The number of carbonyl (C=O) groups is 2. The molecule has 0 aromatic carbocycles. The normalized spacial score (nSPS) is 18.0. The van der Waals surface area contributed by atoms with Crippen LogP contribution in [0.15, 0.2) is 18.3 Å². The summed E-state index contributed by atoms with van der Waals surface area (Å²) < 4.78 is 5.32. The Morgan fingerprint density at radius 1 is 1.41 bits per heavy atom. The van der Waals surface area contributed by atoms with Crippen molar-refractivity contribution in [2.24, 2.45) is 0 Å². The average Bonchev–Trinajstić information content (AvgIpc) is 3.23. The second kappa shape index (κ2) is 8.36. The maximum Gasteiger partial charge on any atom is 0.267 e. The van der Waals surface area contributed by atoms with Crippen LogP contribution in [0.4, 0.5) is 5.82 Å². The number of nitrogens with one attached hydrogen (secondary N) is 3. The van der Waals surface area contributed by atoms with Crippen LogP contribution in [0.25, 0.3) is 11.6 Å². The van der Waals surface area contributed by atoms with Crippen molar-refractivity contribution in [1.29, 1.82) is 0 Å². The van der Waals surface area contributed by atoms with Gasteiger partial charge in [0.25, 0.3) is 11.8 Å². The van der Waals surface area contributed by atoms with E-state index in [1.54, 1.807) is 24.4 Å². The summed E-state index contributed by atoms with van der Waals surface area (Å²) in [5, 5.41) is 6.09. The molecule has 4 rings (SSSR count). The number of halogens is 1. The van der Waals surface area contributed by atoms with E-state index in [1.165, 1.54) is 0 Å². The van der Waals surface area contributed by atoms with Gasteiger partial charge in [-0.3, -0.25) is 14.5 Å². The van der Waals surface area contributed by atoms with E-state index in [4.69, 9.17) is 16.3 Å². The summed E-state index contributed by atoms with van der Waals surface area (Å²) in [7, 11) is 0. The van der Waals surface area contributed by atoms with Gasteiger partial charge in [-0.1, -0.05) is 11.6 Å². The van der Waals surface area contributed by atoms with E-state index in [-0.39, 0.29) is 11.8 Å². The summed E-state index contributed by atoms with van der Waals surface area (Å²) >= 11 is 6.25. The number of aryl methyl sites for hydroxylation is 1. The standard InChI is InChI=1S/C20H22ClN5O3/c1-12-10-16(20(28)23-4-5-26-6-8-29-9-7-26)24-15(12)11-13-17-14(21)2-3-22-18(17)25-19(13)27/h2-3,10-11,24H,4-9H2,1H3,(H,23,28)(H,22,25,27)/b13-11-. The largest absolute Gasteiger partial charge is 0.379 e. The first-order valence-corrected chi connectivity index (χ1v) is 9.86. The van der Waals surface area contributed by atoms with Gasteiger partial charge in [0.15, 0.2) is 0 Å². The lowest BCUT2D eigenvalue weighted by atomic mass is 10.1. The minimum Gasteiger partial charge on any atom is -0.379 e. The number of pyridine rings is 1. The van der Waals surface area contributed by atoms with Crippen LogP contribution >= 0.6 is 11.6 Å². The van der Waals surface area contributed by atoms with Crippen molar-refractivity contribution in [3.05, 3.63) is 45.9 Å². The molecule has 0 unspecified atom stereocenters. The Kier molecular flexibility index (Phi) is 5.66. The molecule has 2 aromatic rings. The number of morpholine rings is 1. The van der Waals surface area contributed by atoms with Crippen molar-refractivity contribution >= 4 is 40.9 Å². The molecule has 2 aliphatic heterocycles. The van der Waals surface area contributed by atoms with E-state index in [2.05, 4.69) is 25.5 Å². The number of aromatic amines is 1. The van der Waals surface area contributed by atoms with Gasteiger partial charge in [0.05, 0.1) is 23.8 Å². The highest BCUT2D eigenvalue weighted by atomic mass is 35.5. The van der Waals surface area contributed by atoms with Gasteiger partial charge in [-0.2, -0.15) is 0 Å². The molecule has 4 heterocycles. The molecule has 0 spiro atoms. The SMILES string of the molecule is Cc1cc(C(=O)NCCN2CCOCC2)[nH]c1/C=C1\C(=O)Nc2nccc(Cl)c21. The number of fused-ring (bicyclic) bond motifs is 1. The van der Waals surface area contributed by atoms with Crippen molar-refractivity contribution in [3.63, 3.8) is 0 Å². The molecule has 152 valence electrons. The number of ether oxygens (including phenoxy) is 1. The van der Waals surface area contributed by atoms with Crippen molar-refractivity contribution in [2.45, 2.75) is 6.92 Å². The van der Waals surface area contributed by atoms with Gasteiger partial charge in [0, 0.05) is 43.6 Å². The summed E-state index contributed by atoms with van der Waals surface area (Å²) in [6.45, 7) is 6.47. The Hall–Kier alpha value is -2.68. The molecule has 1 saturated heterocycles. The molecule has 2 amide bonds. The molecule has 9 heteroatoms. The molecular formula is C20H22ClN5O3. The zero-order valence-corrected chi connectivity index (χ0v) is 16.8. The maximum absolute atomic E-state index is 12.5. The second-order valence-corrected chi connectivity index (χ2v) is 7.43. The Balaban J connectivity index is 1.46. The fourth-order valence-corrected chi connectivity index (χ4v) is 3.70. The van der Waals surface area contributed by atoms with Gasteiger partial charge in [0.1, 0.15) is 11.5 Å². The number of amides is 2. The Morgan fingerprint density at radius 2 is 2.21 bits per heavy atom. The van der Waals surface area contributed by atoms with Crippen LogP contribution in [-0.4, -0.2) is 66.1 Å². The van der Waals surface area contributed by atoms with Crippen LogP contribution in [-0.2, 0) is 9.53 Å². The van der Waals surface area contributed by atoms with Gasteiger partial charge in [0.2, 0.25) is 0 Å². The summed E-state index contributed by atoms with van der Waals surface area (Å²) in [6.07, 6.45) is 3.25. The molecule has 29 heavy (non-hydrogen) atoms. The highest BCUT2D eigenvalue weighted by molar-refractivity contribution is 6.41. The lowest BCUT2D eigenvalue weighted by molar-refractivity contribution is -0.110. The number of hydrogen-bond donors (Lipinski definition) is 3. The summed E-state index contributed by atoms with van der Waals surface area (Å²) in [5.41, 5.74) is 2.98. The van der Waals surface area contributed by atoms with Crippen LogP contribution in [0.5, 0.6) is 0 Å². The van der Waals surface area contributed by atoms with Crippen molar-refractivity contribution in [1.82, 2.24) is 20.2 Å². The molecule has 0 bridgehead atoms. The van der Waals surface area contributed by atoms with E-state index in [0.29, 0.717) is 39.9 Å². The molecule has 0 atom stereocenters. The predicted octanol–water partition coefficient (Wildman–Crippen LogP) is 1.93. The third-order valence-electron chi connectivity index (χ3n) is 5.05. The van der Waals surface area contributed by atoms with Gasteiger partial charge < -0.3 is 20.4 Å². The Bertz CT molecular complexity index is 978. The smallest absolute Gasteiger partial charge is 0.267 e. The highest BCUT2D eigenvalue weighted by Crippen LogP contribution is 2.36. The second-order valence-electron chi connectivity index (χ2n) is 7.02. The number of hydrogen-bond acceptors (Lipinski definition) is 5. The maximum atomic E-state index is 12.5. The topological polar surface area (TPSA) is 99.4 Å². The molecule has 0 radical (unpaired) electrons. The van der Waals surface area contributed by atoms with Crippen molar-refractivity contribution in [3.8, 4) is 0 Å². The molecule has 1 fully saturated rings. The number of H-pyrrole nitrogens is 1. The summed E-state index contributed by atoms with van der Waals surface area (Å²) in [4.78, 5) is 34.3. The number of anilines is 1. The first-order chi connectivity index (χ1) is 14.0. The third-order valence-corrected chi connectivity index (χ3v) is 5.37. The molecule has 2 aromatic heterocycles. The predicted molar refractivity (Wildman–Crippen MR) is 111 cm³/mol. The van der Waals surface area contributed by atoms with Crippen molar-refractivity contribution in [2.75, 3.05) is 44.7 Å². The first kappa shape index (κ1) is 19.6. The molecule has 0 saturated carbocycles. The zero-order valence-electron chi connectivity index (χ0n) is 16.0. The van der Waals surface area contributed by atoms with E-state index in [0.717, 1.165) is 38.4 Å². The van der Waals surface area contributed by atoms with E-state index in [9.17, 15) is 9.59 Å². The van der Waals surface area contributed by atoms with Crippen LogP contribution in [0.2, 0.25) is 5.02 Å². The monoisotopic (exact) mass is 415 g/mol. The lowest BCUT2D eigenvalue weighted by Gasteiger charge is -2.26. The Morgan fingerprint density at radius 3 is 3.00 bits per heavy atom.